The fourth-order valence-corrected chi connectivity index (χ4v) is 4.91. The Balaban J connectivity index is 2.68. The van der Waals surface area contributed by atoms with Gasteiger partial charge in [-0.25, -0.2) is 17.2 Å². The van der Waals surface area contributed by atoms with Crippen LogP contribution in [0.1, 0.15) is 59.1 Å². The van der Waals surface area contributed by atoms with Gasteiger partial charge in [-0.2, -0.15) is 0 Å². The number of methoxy groups -OCH3 is 1. The topological polar surface area (TPSA) is 65.4 Å². The molecule has 0 amide bonds. The van der Waals surface area contributed by atoms with E-state index in [2.05, 4.69) is 6.92 Å². The van der Waals surface area contributed by atoms with E-state index >= 15 is 0 Å². The van der Waals surface area contributed by atoms with E-state index in [0.717, 1.165) is 24.8 Å². The molecule has 1 aromatic carbocycles. The van der Waals surface area contributed by atoms with Gasteiger partial charge in [0.1, 0.15) is 0 Å². The van der Waals surface area contributed by atoms with Crippen LogP contribution in [0.4, 0.5) is 0 Å². The number of rotatable bonds is 7. The molecule has 0 fully saturated rings. The van der Waals surface area contributed by atoms with Gasteiger partial charge >= 0.3 is 5.97 Å². The van der Waals surface area contributed by atoms with E-state index in [-0.39, 0.29) is 4.90 Å². The number of esters is 1. The van der Waals surface area contributed by atoms with Gasteiger partial charge in [0.2, 0.25) is 0 Å². The highest BCUT2D eigenvalue weighted by Gasteiger charge is 2.29. The maximum absolute atomic E-state index is 13.3. The second kappa shape index (κ2) is 8.08. The minimum Gasteiger partial charge on any atom is -0.465 e. The predicted molar refractivity (Wildman–Crippen MR) is 102 cm³/mol. The summed E-state index contributed by atoms with van der Waals surface area (Å²) < 4.78 is 32.8. The second-order valence-corrected chi connectivity index (χ2v) is 8.35. The monoisotopic (exact) mass is 377 g/mol. The first-order valence-electron chi connectivity index (χ1n) is 8.87. The van der Waals surface area contributed by atoms with Crippen LogP contribution < -0.4 is 0 Å². The van der Waals surface area contributed by atoms with Crippen molar-refractivity contribution in [2.75, 3.05) is 7.11 Å². The molecule has 26 heavy (non-hydrogen) atoms. The number of hydrogen-bond acceptors (Lipinski definition) is 4. The molecule has 2 rings (SSSR count). The number of nitrogens with zero attached hydrogens (tertiary/aromatic N) is 1. The Morgan fingerprint density at radius 2 is 1.69 bits per heavy atom. The van der Waals surface area contributed by atoms with Gasteiger partial charge in [-0.05, 0) is 51.3 Å². The molecule has 1 heterocycles. The van der Waals surface area contributed by atoms with Crippen molar-refractivity contribution in [1.82, 2.24) is 3.97 Å². The van der Waals surface area contributed by atoms with Crippen LogP contribution in [0.25, 0.3) is 0 Å². The molecule has 142 valence electrons. The van der Waals surface area contributed by atoms with Crippen LogP contribution in [0, 0.1) is 20.8 Å². The number of carbonyl (C=O) groups excluding carboxylic acids is 1. The van der Waals surface area contributed by atoms with E-state index < -0.39 is 16.0 Å². The van der Waals surface area contributed by atoms with Gasteiger partial charge in [0.05, 0.1) is 17.6 Å². The Labute approximate surface area is 156 Å². The van der Waals surface area contributed by atoms with Gasteiger partial charge in [0.25, 0.3) is 10.0 Å². The molecule has 6 heteroatoms. The average Bonchev–Trinajstić information content (AvgIpc) is 2.85. The van der Waals surface area contributed by atoms with E-state index in [9.17, 15) is 13.2 Å². The highest BCUT2D eigenvalue weighted by atomic mass is 32.2. The zero-order valence-corrected chi connectivity index (χ0v) is 16.9. The van der Waals surface area contributed by atoms with E-state index in [1.165, 1.54) is 11.1 Å². The number of unbranched alkanes of at least 4 members (excludes halogenated alkanes) is 2. The fourth-order valence-electron chi connectivity index (χ4n) is 3.25. The standard InChI is InChI=1S/C20H27NO4S/c1-6-7-8-9-18-15(3)19(20(22)25-5)16(4)21(18)26(23,24)17-12-10-14(2)11-13-17/h10-13H,6-9H2,1-5H3. The molecule has 0 saturated carbocycles. The summed E-state index contributed by atoms with van der Waals surface area (Å²) in [5.41, 5.74) is 3.08. The van der Waals surface area contributed by atoms with Crippen LogP contribution >= 0.6 is 0 Å². The Kier molecular flexibility index (Phi) is 6.29. The summed E-state index contributed by atoms with van der Waals surface area (Å²) in [6, 6.07) is 6.76. The predicted octanol–water partition coefficient (Wildman–Crippen LogP) is 4.17. The maximum atomic E-state index is 13.3. The molecule has 0 unspecified atom stereocenters. The van der Waals surface area contributed by atoms with Gasteiger partial charge in [0, 0.05) is 11.4 Å². The first kappa shape index (κ1) is 20.2. The van der Waals surface area contributed by atoms with Crippen molar-refractivity contribution in [2.24, 2.45) is 0 Å². The van der Waals surface area contributed by atoms with Crippen LogP contribution in [0.2, 0.25) is 0 Å². The van der Waals surface area contributed by atoms with E-state index in [1.807, 2.05) is 6.92 Å². The Morgan fingerprint density at radius 1 is 1.08 bits per heavy atom. The summed E-state index contributed by atoms with van der Waals surface area (Å²) in [4.78, 5) is 12.4. The SMILES string of the molecule is CCCCCc1c(C)c(C(=O)OC)c(C)n1S(=O)(=O)c1ccc(C)cc1. The van der Waals surface area contributed by atoms with Crippen molar-refractivity contribution in [1.29, 1.82) is 0 Å². The van der Waals surface area contributed by atoms with Crippen LogP contribution in [-0.2, 0) is 21.2 Å². The molecule has 0 radical (unpaired) electrons. The third kappa shape index (κ3) is 3.70. The third-order valence-corrected chi connectivity index (χ3v) is 6.53. The fraction of sp³-hybridized carbons (Fsp3) is 0.450. The molecule has 2 aromatic rings. The minimum absolute atomic E-state index is 0.217. The van der Waals surface area contributed by atoms with Crippen molar-refractivity contribution in [3.8, 4) is 0 Å². The van der Waals surface area contributed by atoms with Crippen LogP contribution in [0.15, 0.2) is 29.2 Å². The van der Waals surface area contributed by atoms with Gasteiger partial charge in [-0.1, -0.05) is 37.5 Å². The number of hydrogen-bond donors (Lipinski definition) is 0. The molecule has 0 N–H and O–H groups in total. The lowest BCUT2D eigenvalue weighted by Gasteiger charge is -2.13. The summed E-state index contributed by atoms with van der Waals surface area (Å²) in [6.07, 6.45) is 3.50. The first-order valence-corrected chi connectivity index (χ1v) is 10.3. The van der Waals surface area contributed by atoms with Gasteiger partial charge in [-0.3, -0.25) is 0 Å². The third-order valence-electron chi connectivity index (χ3n) is 4.69. The quantitative estimate of drug-likeness (QED) is 0.536. The summed E-state index contributed by atoms with van der Waals surface area (Å²) in [7, 11) is -2.48. The molecule has 0 spiro atoms. The van der Waals surface area contributed by atoms with Crippen molar-refractivity contribution < 1.29 is 17.9 Å². The Hall–Kier alpha value is -2.08. The molecule has 1 aromatic heterocycles. The van der Waals surface area contributed by atoms with Crippen molar-refractivity contribution in [3.63, 3.8) is 0 Å². The largest absolute Gasteiger partial charge is 0.465 e. The molecule has 0 aliphatic carbocycles. The lowest BCUT2D eigenvalue weighted by Crippen LogP contribution is -2.18. The molecule has 5 nitrogen and oxygen atoms in total. The Bertz CT molecular complexity index is 893. The van der Waals surface area contributed by atoms with E-state index in [0.29, 0.717) is 28.9 Å². The molecule has 0 saturated heterocycles. The summed E-state index contributed by atoms with van der Waals surface area (Å²) >= 11 is 0. The maximum Gasteiger partial charge on any atom is 0.340 e. The summed E-state index contributed by atoms with van der Waals surface area (Å²) in [5.74, 6) is -0.505. The lowest BCUT2D eigenvalue weighted by molar-refractivity contribution is 0.0599. The second-order valence-electron chi connectivity index (χ2n) is 6.56. The number of benzene rings is 1. The van der Waals surface area contributed by atoms with Crippen molar-refractivity contribution >= 4 is 16.0 Å². The smallest absolute Gasteiger partial charge is 0.340 e. The highest BCUT2D eigenvalue weighted by molar-refractivity contribution is 7.90. The van der Waals surface area contributed by atoms with E-state index in [1.54, 1.807) is 38.1 Å². The molecule has 0 bridgehead atoms. The molecular formula is C20H27NO4S. The number of ether oxygens (including phenoxy) is 1. The average molecular weight is 378 g/mol. The molecule has 0 atom stereocenters. The number of aryl methyl sites for hydroxylation is 1. The van der Waals surface area contributed by atoms with Gasteiger partial charge in [-0.15, -0.1) is 0 Å². The normalized spacial score (nSPS) is 11.6. The zero-order valence-electron chi connectivity index (χ0n) is 16.1. The van der Waals surface area contributed by atoms with Gasteiger partial charge in [0.15, 0.2) is 0 Å². The van der Waals surface area contributed by atoms with Crippen molar-refractivity contribution in [3.05, 3.63) is 52.3 Å². The minimum atomic E-state index is -3.79. The zero-order chi connectivity index (χ0) is 19.5. The van der Waals surface area contributed by atoms with Crippen LogP contribution in [-0.4, -0.2) is 25.5 Å². The van der Waals surface area contributed by atoms with Crippen LogP contribution in [0.5, 0.6) is 0 Å². The van der Waals surface area contributed by atoms with Crippen LogP contribution in [0.3, 0.4) is 0 Å². The Morgan fingerprint density at radius 3 is 2.23 bits per heavy atom. The highest BCUT2D eigenvalue weighted by Crippen LogP contribution is 2.29. The number of aromatic nitrogens is 1. The van der Waals surface area contributed by atoms with Gasteiger partial charge < -0.3 is 4.74 Å². The molecule has 0 aliphatic heterocycles. The van der Waals surface area contributed by atoms with E-state index in [4.69, 9.17) is 4.74 Å². The summed E-state index contributed by atoms with van der Waals surface area (Å²) in [5, 5.41) is 0. The molecular weight excluding hydrogens is 350 g/mol. The molecule has 0 aliphatic rings. The first-order chi connectivity index (χ1) is 12.3. The number of carbonyl (C=O) groups is 1. The lowest BCUT2D eigenvalue weighted by atomic mass is 10.1. The summed E-state index contributed by atoms with van der Waals surface area (Å²) in [6.45, 7) is 7.46. The van der Waals surface area contributed by atoms with Crippen molar-refractivity contribution in [2.45, 2.75) is 58.3 Å².